The Bertz CT molecular complexity index is 480. The van der Waals surface area contributed by atoms with Crippen LogP contribution in [0.1, 0.15) is 31.9 Å². The summed E-state index contributed by atoms with van der Waals surface area (Å²) in [7, 11) is 0. The number of guanidine groups is 1. The molecule has 1 saturated carbocycles. The summed E-state index contributed by atoms with van der Waals surface area (Å²) >= 11 is 1.93. The van der Waals surface area contributed by atoms with Gasteiger partial charge in [-0.25, -0.2) is 9.38 Å². The van der Waals surface area contributed by atoms with Crippen molar-refractivity contribution in [1.29, 1.82) is 0 Å². The highest BCUT2D eigenvalue weighted by molar-refractivity contribution is 7.99. The number of hydrogen-bond acceptors (Lipinski definition) is 3. The SMILES string of the molecule is CCNC(=NCc1ncccc1F)NC1CCC(SC)C1. The van der Waals surface area contributed by atoms with E-state index in [4.69, 9.17) is 0 Å². The van der Waals surface area contributed by atoms with Gasteiger partial charge in [0, 0.05) is 24.0 Å². The molecule has 2 rings (SSSR count). The lowest BCUT2D eigenvalue weighted by Gasteiger charge is -2.17. The van der Waals surface area contributed by atoms with Gasteiger partial charge in [-0.15, -0.1) is 0 Å². The molecule has 0 spiro atoms. The van der Waals surface area contributed by atoms with E-state index >= 15 is 0 Å². The van der Waals surface area contributed by atoms with Crippen molar-refractivity contribution in [3.05, 3.63) is 29.8 Å². The Kier molecular flexibility index (Phi) is 6.29. The maximum absolute atomic E-state index is 13.6. The van der Waals surface area contributed by atoms with Crippen molar-refractivity contribution >= 4 is 17.7 Å². The average molecular weight is 310 g/mol. The molecule has 1 fully saturated rings. The van der Waals surface area contributed by atoms with Gasteiger partial charge in [0.1, 0.15) is 5.82 Å². The number of pyridine rings is 1. The van der Waals surface area contributed by atoms with E-state index in [0.29, 0.717) is 11.7 Å². The number of thioether (sulfide) groups is 1. The zero-order valence-corrected chi connectivity index (χ0v) is 13.4. The van der Waals surface area contributed by atoms with Crippen LogP contribution in [0.15, 0.2) is 23.3 Å². The third-order valence-corrected chi connectivity index (χ3v) is 4.72. The fourth-order valence-corrected chi connectivity index (χ4v) is 3.28. The zero-order chi connectivity index (χ0) is 15.1. The lowest BCUT2D eigenvalue weighted by Crippen LogP contribution is -2.42. The van der Waals surface area contributed by atoms with Gasteiger partial charge >= 0.3 is 0 Å². The lowest BCUT2D eigenvalue weighted by molar-refractivity contribution is 0.595. The van der Waals surface area contributed by atoms with Crippen molar-refractivity contribution in [3.8, 4) is 0 Å². The maximum Gasteiger partial charge on any atom is 0.191 e. The van der Waals surface area contributed by atoms with Gasteiger partial charge < -0.3 is 10.6 Å². The number of aromatic nitrogens is 1. The van der Waals surface area contributed by atoms with Crippen molar-refractivity contribution in [3.63, 3.8) is 0 Å². The molecule has 1 aromatic rings. The van der Waals surface area contributed by atoms with E-state index in [0.717, 1.165) is 30.6 Å². The minimum atomic E-state index is -0.305. The zero-order valence-electron chi connectivity index (χ0n) is 12.6. The van der Waals surface area contributed by atoms with E-state index in [2.05, 4.69) is 26.9 Å². The van der Waals surface area contributed by atoms with E-state index in [-0.39, 0.29) is 12.4 Å². The van der Waals surface area contributed by atoms with Crippen LogP contribution >= 0.6 is 11.8 Å². The molecular formula is C15H23FN4S. The molecule has 0 aromatic carbocycles. The molecule has 2 unspecified atom stereocenters. The first kappa shape index (κ1) is 16.1. The third-order valence-electron chi connectivity index (χ3n) is 3.62. The molecule has 1 aliphatic carbocycles. The molecule has 116 valence electrons. The van der Waals surface area contributed by atoms with Crippen molar-refractivity contribution in [2.24, 2.45) is 4.99 Å². The van der Waals surface area contributed by atoms with E-state index in [1.54, 1.807) is 12.3 Å². The van der Waals surface area contributed by atoms with E-state index in [1.165, 1.54) is 12.5 Å². The molecule has 0 aliphatic heterocycles. The average Bonchev–Trinajstić information content (AvgIpc) is 2.94. The Morgan fingerprint density at radius 3 is 3.05 bits per heavy atom. The second-order valence-electron chi connectivity index (χ2n) is 5.14. The van der Waals surface area contributed by atoms with Gasteiger partial charge in [0.05, 0.1) is 12.2 Å². The fourth-order valence-electron chi connectivity index (χ4n) is 2.49. The van der Waals surface area contributed by atoms with Gasteiger partial charge in [0.2, 0.25) is 0 Å². The molecule has 0 saturated heterocycles. The Balaban J connectivity index is 1.95. The van der Waals surface area contributed by atoms with Gasteiger partial charge in [0.25, 0.3) is 0 Å². The number of rotatable bonds is 5. The Morgan fingerprint density at radius 1 is 1.52 bits per heavy atom. The summed E-state index contributed by atoms with van der Waals surface area (Å²) in [6.07, 6.45) is 7.31. The normalized spacial score (nSPS) is 22.3. The summed E-state index contributed by atoms with van der Waals surface area (Å²) in [4.78, 5) is 8.47. The van der Waals surface area contributed by atoms with Crippen LogP contribution in [-0.2, 0) is 6.54 Å². The highest BCUT2D eigenvalue weighted by Crippen LogP contribution is 2.28. The van der Waals surface area contributed by atoms with Crippen LogP contribution in [0.5, 0.6) is 0 Å². The highest BCUT2D eigenvalue weighted by atomic mass is 32.2. The summed E-state index contributed by atoms with van der Waals surface area (Å²) in [5, 5.41) is 7.39. The van der Waals surface area contributed by atoms with Crippen LogP contribution in [0.25, 0.3) is 0 Å². The van der Waals surface area contributed by atoms with Gasteiger partial charge in [0.15, 0.2) is 5.96 Å². The van der Waals surface area contributed by atoms with Crippen molar-refractivity contribution < 1.29 is 4.39 Å². The van der Waals surface area contributed by atoms with E-state index in [9.17, 15) is 4.39 Å². The Labute approximate surface area is 130 Å². The second kappa shape index (κ2) is 8.22. The monoisotopic (exact) mass is 310 g/mol. The molecule has 2 N–H and O–H groups in total. The first-order valence-corrected chi connectivity index (χ1v) is 8.68. The number of aliphatic imine (C=N–C) groups is 1. The fraction of sp³-hybridized carbons (Fsp3) is 0.600. The van der Waals surface area contributed by atoms with E-state index < -0.39 is 0 Å². The van der Waals surface area contributed by atoms with Crippen molar-refractivity contribution in [2.45, 2.75) is 44.0 Å². The first-order chi connectivity index (χ1) is 10.2. The predicted octanol–water partition coefficient (Wildman–Crippen LogP) is 2.56. The molecule has 4 nitrogen and oxygen atoms in total. The third kappa shape index (κ3) is 4.88. The molecule has 0 radical (unpaired) electrons. The molecular weight excluding hydrogens is 287 g/mol. The highest BCUT2D eigenvalue weighted by Gasteiger charge is 2.24. The molecule has 1 heterocycles. The number of nitrogens with one attached hydrogen (secondary N) is 2. The van der Waals surface area contributed by atoms with Crippen LogP contribution in [0, 0.1) is 5.82 Å². The number of hydrogen-bond donors (Lipinski definition) is 2. The number of nitrogens with zero attached hydrogens (tertiary/aromatic N) is 2. The van der Waals surface area contributed by atoms with Gasteiger partial charge in [-0.1, -0.05) is 0 Å². The Morgan fingerprint density at radius 2 is 2.38 bits per heavy atom. The first-order valence-electron chi connectivity index (χ1n) is 7.40. The summed E-state index contributed by atoms with van der Waals surface area (Å²) < 4.78 is 13.6. The molecule has 1 aliphatic rings. The van der Waals surface area contributed by atoms with Gasteiger partial charge in [-0.2, -0.15) is 11.8 Å². The molecule has 0 bridgehead atoms. The molecule has 6 heteroatoms. The van der Waals surface area contributed by atoms with Crippen molar-refractivity contribution in [2.75, 3.05) is 12.8 Å². The maximum atomic E-state index is 13.6. The summed E-state index contributed by atoms with van der Waals surface area (Å²) in [5.74, 6) is 0.440. The molecule has 0 amide bonds. The Hall–Kier alpha value is -1.30. The van der Waals surface area contributed by atoms with Gasteiger partial charge in [-0.05, 0) is 44.6 Å². The second-order valence-corrected chi connectivity index (χ2v) is 6.28. The summed E-state index contributed by atoms with van der Waals surface area (Å²) in [6, 6.07) is 3.46. The van der Waals surface area contributed by atoms with Crippen molar-refractivity contribution in [1.82, 2.24) is 15.6 Å². The standard InChI is InChI=1S/C15H23FN4S/c1-3-17-15(20-11-6-7-12(9-11)21-2)19-10-14-13(16)5-4-8-18-14/h4-5,8,11-12H,3,6-7,9-10H2,1-2H3,(H2,17,19,20). The van der Waals surface area contributed by atoms with Crippen LogP contribution in [-0.4, -0.2) is 35.0 Å². The van der Waals surface area contributed by atoms with Crippen LogP contribution < -0.4 is 10.6 Å². The van der Waals surface area contributed by atoms with Gasteiger partial charge in [-0.3, -0.25) is 4.98 Å². The van der Waals surface area contributed by atoms with Crippen LogP contribution in [0.4, 0.5) is 4.39 Å². The molecule has 21 heavy (non-hydrogen) atoms. The van der Waals surface area contributed by atoms with E-state index in [1.807, 2.05) is 18.7 Å². The van der Waals surface area contributed by atoms with Crippen LogP contribution in [0.2, 0.25) is 0 Å². The summed E-state index contributed by atoms with van der Waals surface area (Å²) in [6.45, 7) is 3.06. The minimum Gasteiger partial charge on any atom is -0.357 e. The lowest BCUT2D eigenvalue weighted by atomic mass is 10.2. The quantitative estimate of drug-likeness (QED) is 0.648. The predicted molar refractivity (Wildman–Crippen MR) is 87.1 cm³/mol. The summed E-state index contributed by atoms with van der Waals surface area (Å²) in [5.41, 5.74) is 0.378. The van der Waals surface area contributed by atoms with Crippen LogP contribution in [0.3, 0.4) is 0 Å². The number of halogens is 1. The topological polar surface area (TPSA) is 49.3 Å². The minimum absolute atomic E-state index is 0.251. The molecule has 1 aromatic heterocycles. The largest absolute Gasteiger partial charge is 0.357 e. The molecule has 2 atom stereocenters. The smallest absolute Gasteiger partial charge is 0.191 e.